The molecule has 0 aromatic rings. The predicted octanol–water partition coefficient (Wildman–Crippen LogP) is 5.55. The van der Waals surface area contributed by atoms with E-state index in [1.54, 1.807) is 0 Å². The van der Waals surface area contributed by atoms with Crippen molar-refractivity contribution in [2.45, 2.75) is 189 Å². The van der Waals surface area contributed by atoms with Crippen LogP contribution in [0, 0.1) is 45.3 Å². The molecule has 6 unspecified atom stereocenters. The molecule has 0 spiro atoms. The summed E-state index contributed by atoms with van der Waals surface area (Å²) in [5.74, 6) is -4.10. The van der Waals surface area contributed by atoms with Crippen LogP contribution >= 0.6 is 0 Å². The van der Waals surface area contributed by atoms with Crippen LogP contribution in [0.3, 0.4) is 0 Å². The Morgan fingerprint density at radius 3 is 1.85 bits per heavy atom. The second-order valence-corrected chi connectivity index (χ2v) is 20.9. The fourth-order valence-electron chi connectivity index (χ4n) is 13.8. The molecule has 4 saturated carbocycles. The first-order valence-corrected chi connectivity index (χ1v) is 23.3. The van der Waals surface area contributed by atoms with E-state index in [9.17, 15) is 33.6 Å². The lowest BCUT2D eigenvalue weighted by molar-refractivity contribution is -0.339. The maximum absolute atomic E-state index is 13.2. The summed E-state index contributed by atoms with van der Waals surface area (Å²) in [6.45, 7) is 21.2. The van der Waals surface area contributed by atoms with Crippen molar-refractivity contribution >= 4 is 41.8 Å². The van der Waals surface area contributed by atoms with Crippen molar-refractivity contribution in [3.8, 4) is 0 Å². The van der Waals surface area contributed by atoms with Crippen LogP contribution in [-0.2, 0) is 76.2 Å². The van der Waals surface area contributed by atoms with Gasteiger partial charge < -0.3 is 47.9 Å². The van der Waals surface area contributed by atoms with Crippen LogP contribution in [0.2, 0.25) is 0 Å². The Labute approximate surface area is 384 Å². The molecule has 0 aromatic heterocycles. The largest absolute Gasteiger partial charge is 0.468 e. The molecule has 1 heterocycles. The topological polar surface area (TPSA) is 215 Å². The van der Waals surface area contributed by atoms with Gasteiger partial charge in [-0.3, -0.25) is 33.6 Å². The zero-order valence-corrected chi connectivity index (χ0v) is 40.9. The SMILES string of the molecule is COC(=O)CNCCCC(C)(O[C@H]1O[C@H](COC(C)=O)[C@@H](OC(C)=O)[C@H](OC(C)=O)C1OC(C)=O)C1CC[C@]2(C)[C@@H]1C(OC(C)=O)CC1[C@@]3(C)CC[C@H](OC(C)=O)C(C)(C)C3CC[C@]12C. The van der Waals surface area contributed by atoms with Gasteiger partial charge in [0, 0.05) is 52.9 Å². The second kappa shape index (κ2) is 20.2. The first-order valence-electron chi connectivity index (χ1n) is 23.3. The molecule has 368 valence electrons. The van der Waals surface area contributed by atoms with Crippen molar-refractivity contribution in [1.82, 2.24) is 5.32 Å². The van der Waals surface area contributed by atoms with Crippen LogP contribution in [0.5, 0.6) is 0 Å². The molecule has 1 saturated heterocycles. The quantitative estimate of drug-likeness (QED) is 0.114. The van der Waals surface area contributed by atoms with E-state index in [4.69, 9.17) is 42.6 Å². The van der Waals surface area contributed by atoms with Gasteiger partial charge >= 0.3 is 41.8 Å². The highest BCUT2D eigenvalue weighted by Crippen LogP contribution is 2.76. The smallest absolute Gasteiger partial charge is 0.319 e. The van der Waals surface area contributed by atoms with Crippen molar-refractivity contribution in [2.24, 2.45) is 45.3 Å². The van der Waals surface area contributed by atoms with E-state index in [0.29, 0.717) is 32.2 Å². The number of nitrogens with one attached hydrogen (secondary N) is 1. The molecule has 5 fully saturated rings. The van der Waals surface area contributed by atoms with E-state index in [0.717, 1.165) is 39.0 Å². The number of carbonyl (C=O) groups is 7. The third-order valence-corrected chi connectivity index (χ3v) is 16.6. The third-order valence-electron chi connectivity index (χ3n) is 16.6. The van der Waals surface area contributed by atoms with Crippen LogP contribution in [0.4, 0.5) is 0 Å². The highest BCUT2D eigenvalue weighted by Gasteiger charge is 2.73. The van der Waals surface area contributed by atoms with E-state index in [1.165, 1.54) is 41.7 Å². The Hall–Kier alpha value is -3.83. The summed E-state index contributed by atoms with van der Waals surface area (Å²) in [6, 6.07) is 0. The first-order chi connectivity index (χ1) is 30.2. The average Bonchev–Trinajstić information content (AvgIpc) is 3.57. The second-order valence-electron chi connectivity index (χ2n) is 20.9. The number of ether oxygens (including phenoxy) is 9. The lowest BCUT2D eigenvalue weighted by Gasteiger charge is -2.70. The van der Waals surface area contributed by atoms with Gasteiger partial charge in [0.25, 0.3) is 0 Å². The van der Waals surface area contributed by atoms with Gasteiger partial charge in [0.1, 0.15) is 24.9 Å². The van der Waals surface area contributed by atoms with Crippen molar-refractivity contribution in [2.75, 3.05) is 26.8 Å². The molecule has 5 rings (SSSR count). The minimum Gasteiger partial charge on any atom is -0.468 e. The number of rotatable bonds is 16. The Morgan fingerprint density at radius 2 is 1.26 bits per heavy atom. The molecule has 17 heteroatoms. The molecule has 5 aliphatic rings. The number of methoxy groups -OCH3 is 1. The van der Waals surface area contributed by atoms with E-state index < -0.39 is 84.8 Å². The minimum atomic E-state index is -1.45. The Kier molecular flexibility index (Phi) is 16.2. The summed E-state index contributed by atoms with van der Waals surface area (Å²) >= 11 is 0. The molecular formula is C48H75NO16. The first kappa shape index (κ1) is 52.1. The van der Waals surface area contributed by atoms with Crippen molar-refractivity contribution < 1.29 is 76.2 Å². The third kappa shape index (κ3) is 10.7. The normalized spacial score (nSPS) is 38.0. The van der Waals surface area contributed by atoms with E-state index in [-0.39, 0.29) is 63.9 Å². The standard InChI is InChI=1S/C48H75NO16/c1-26(50)58-25-34-40(61-29(4)53)41(62-30(5)54)42(63-31(6)55)43(64-34)65-48(12,18-14-22-49-24-38(56)57-13)32-15-20-47(11)39(32)33(59-27(2)51)23-36-45(9)19-17-37(60-28(3)52)44(7,8)35(45)16-21-46(36,47)10/h32-37,39-43,49H,14-25H2,1-13H3/t32?,33?,34-,35?,36?,37+,39+,40-,41+,42?,43-,45+,46-,47-,48?/m1/s1. The van der Waals surface area contributed by atoms with Gasteiger partial charge in [0.2, 0.25) is 0 Å². The molecule has 0 aromatic carbocycles. The summed E-state index contributed by atoms with van der Waals surface area (Å²) < 4.78 is 53.7. The molecule has 65 heavy (non-hydrogen) atoms. The van der Waals surface area contributed by atoms with Gasteiger partial charge in [-0.2, -0.15) is 0 Å². The number of carbonyl (C=O) groups excluding carboxylic acids is 7. The van der Waals surface area contributed by atoms with Gasteiger partial charge in [0.05, 0.1) is 19.3 Å². The highest BCUT2D eigenvalue weighted by atomic mass is 16.7. The molecule has 1 aliphatic heterocycles. The Bertz CT molecular complexity index is 1800. The van der Waals surface area contributed by atoms with Crippen molar-refractivity contribution in [1.29, 1.82) is 0 Å². The van der Waals surface area contributed by atoms with Gasteiger partial charge in [-0.15, -0.1) is 0 Å². The maximum Gasteiger partial charge on any atom is 0.319 e. The maximum atomic E-state index is 13.2. The Balaban J connectivity index is 1.60. The van der Waals surface area contributed by atoms with E-state index in [1.807, 2.05) is 6.92 Å². The molecule has 15 atom stereocenters. The zero-order valence-electron chi connectivity index (χ0n) is 40.9. The fourth-order valence-corrected chi connectivity index (χ4v) is 13.8. The number of hydrogen-bond acceptors (Lipinski definition) is 17. The van der Waals surface area contributed by atoms with Crippen LogP contribution in [0.1, 0.15) is 141 Å². The summed E-state index contributed by atoms with van der Waals surface area (Å²) in [6.07, 6.45) is -1.24. The van der Waals surface area contributed by atoms with Gasteiger partial charge in [-0.1, -0.05) is 34.6 Å². The van der Waals surface area contributed by atoms with Gasteiger partial charge in [-0.05, 0) is 105 Å². The number of hydrogen-bond donors (Lipinski definition) is 1. The van der Waals surface area contributed by atoms with Crippen molar-refractivity contribution in [3.05, 3.63) is 0 Å². The molecule has 0 radical (unpaired) electrons. The minimum absolute atomic E-state index is 0.00957. The zero-order chi connectivity index (χ0) is 48.4. The van der Waals surface area contributed by atoms with Gasteiger partial charge in [-0.25, -0.2) is 0 Å². The lowest BCUT2D eigenvalue weighted by Crippen LogP contribution is -2.67. The monoisotopic (exact) mass is 922 g/mol. The fraction of sp³-hybridized carbons (Fsp3) is 0.854. The highest BCUT2D eigenvalue weighted by molar-refractivity contribution is 5.71. The molecule has 4 aliphatic carbocycles. The molecule has 1 N–H and O–H groups in total. The summed E-state index contributed by atoms with van der Waals surface area (Å²) in [5.41, 5.74) is -2.16. The van der Waals surface area contributed by atoms with E-state index in [2.05, 4.69) is 39.9 Å². The predicted molar refractivity (Wildman–Crippen MR) is 231 cm³/mol. The van der Waals surface area contributed by atoms with Crippen LogP contribution < -0.4 is 5.32 Å². The van der Waals surface area contributed by atoms with Crippen LogP contribution in [-0.4, -0.2) is 117 Å². The van der Waals surface area contributed by atoms with Crippen LogP contribution in [0.15, 0.2) is 0 Å². The van der Waals surface area contributed by atoms with E-state index >= 15 is 0 Å². The molecule has 17 nitrogen and oxygen atoms in total. The van der Waals surface area contributed by atoms with Crippen LogP contribution in [0.25, 0.3) is 0 Å². The molecule has 0 amide bonds. The van der Waals surface area contributed by atoms with Crippen molar-refractivity contribution in [3.63, 3.8) is 0 Å². The number of fused-ring (bicyclic) bond motifs is 5. The average molecular weight is 922 g/mol. The lowest BCUT2D eigenvalue weighted by atomic mass is 9.35. The number of esters is 7. The summed E-state index contributed by atoms with van der Waals surface area (Å²) in [5, 5.41) is 3.14. The Morgan fingerprint density at radius 1 is 0.677 bits per heavy atom. The van der Waals surface area contributed by atoms with Gasteiger partial charge in [0.15, 0.2) is 24.6 Å². The molecule has 0 bridgehead atoms. The molecular weight excluding hydrogens is 847 g/mol. The summed E-state index contributed by atoms with van der Waals surface area (Å²) in [7, 11) is 1.32. The summed E-state index contributed by atoms with van der Waals surface area (Å²) in [4.78, 5) is 87.8.